The smallest absolute Gasteiger partial charge is 0.407 e. The fraction of sp³-hybridized carbons (Fsp3) is 0.661. The molecule has 2 fully saturated rings. The first-order valence-corrected chi connectivity index (χ1v) is 26.7. The van der Waals surface area contributed by atoms with E-state index in [0.29, 0.717) is 42.7 Å². The lowest BCUT2D eigenvalue weighted by molar-refractivity contribution is -0.155. The number of fused-ring (bicyclic) bond motifs is 4. The number of rotatable bonds is 11. The second kappa shape index (κ2) is 24.1. The number of nitrogens with one attached hydrogen (secondary N) is 2. The quantitative estimate of drug-likeness (QED) is 0.190. The number of amides is 2. The minimum absolute atomic E-state index is 0.110. The summed E-state index contributed by atoms with van der Waals surface area (Å²) in [7, 11) is 0. The van der Waals surface area contributed by atoms with Gasteiger partial charge in [0.25, 0.3) is 0 Å². The van der Waals surface area contributed by atoms with Crippen molar-refractivity contribution >= 4 is 35.1 Å². The molecule has 2 unspecified atom stereocenters. The molecule has 2 aliphatic heterocycles. The van der Waals surface area contributed by atoms with Gasteiger partial charge in [-0.25, -0.2) is 4.79 Å². The number of alkyl carbamates (subject to hydrolysis) is 1. The van der Waals surface area contributed by atoms with Crippen molar-refractivity contribution in [2.45, 2.75) is 195 Å². The fourth-order valence-electron chi connectivity index (χ4n) is 11.7. The highest BCUT2D eigenvalue weighted by Crippen LogP contribution is 2.44. The number of esters is 1. The van der Waals surface area contributed by atoms with Crippen LogP contribution in [0.3, 0.4) is 0 Å². The zero-order valence-electron chi connectivity index (χ0n) is 44.0. The van der Waals surface area contributed by atoms with E-state index in [2.05, 4.69) is 91.8 Å². The molecule has 380 valence electrons. The Kier molecular flexibility index (Phi) is 18.8. The second-order valence-corrected chi connectivity index (χ2v) is 23.8. The van der Waals surface area contributed by atoms with Crippen LogP contribution in [0.25, 0.3) is 11.1 Å². The van der Waals surface area contributed by atoms with Gasteiger partial charge >= 0.3 is 18.0 Å². The molecule has 2 saturated carbocycles. The Hall–Kier alpha value is -4.44. The normalized spacial score (nSPS) is 24.2. The van der Waals surface area contributed by atoms with E-state index in [1.807, 2.05) is 41.5 Å². The van der Waals surface area contributed by atoms with Crippen LogP contribution in [0.2, 0.25) is 0 Å². The van der Waals surface area contributed by atoms with Gasteiger partial charge in [-0.15, -0.1) is 0 Å². The van der Waals surface area contributed by atoms with E-state index in [1.54, 1.807) is 11.1 Å². The molecule has 3 N–H and O–H groups in total. The number of aliphatic carboxylic acids is 1. The first kappa shape index (κ1) is 53.9. The number of carboxylic acid groups (broad SMARTS) is 1. The van der Waals surface area contributed by atoms with Crippen LogP contribution < -0.4 is 10.6 Å². The summed E-state index contributed by atoms with van der Waals surface area (Å²) in [6.07, 6.45) is 14.7. The maximum absolute atomic E-state index is 13.7. The SMILES string of the molecule is CC(C)(C)OC(=O)CCC1CCC(C(=O)O)CC1.CC(C)CC1C2=C(CCN1C(=O)C1CCC(CNC(=O)OC(C)(C)C)CC1)c1ccccc1C2.CC(C)CC1NCCC2=C1Cc1ccccc12. The molecule has 69 heavy (non-hydrogen) atoms. The first-order chi connectivity index (χ1) is 32.7. The molecule has 2 aromatic carbocycles. The molecule has 0 aromatic heterocycles. The third-order valence-electron chi connectivity index (χ3n) is 15.0. The monoisotopic (exact) mass is 950 g/mol. The third-order valence-corrected chi connectivity index (χ3v) is 15.0. The topological polar surface area (TPSA) is 134 Å². The number of hydrogen-bond acceptors (Lipinski definition) is 7. The molecular weight excluding hydrogens is 863 g/mol. The molecule has 4 aliphatic carbocycles. The summed E-state index contributed by atoms with van der Waals surface area (Å²) in [6.45, 7) is 23.0. The molecule has 2 amide bonds. The summed E-state index contributed by atoms with van der Waals surface area (Å²) in [6, 6.07) is 18.6. The summed E-state index contributed by atoms with van der Waals surface area (Å²) in [5.74, 6) is 1.67. The van der Waals surface area contributed by atoms with Gasteiger partial charge in [-0.3, -0.25) is 14.4 Å². The van der Waals surface area contributed by atoms with Crippen LogP contribution in [0, 0.1) is 35.5 Å². The maximum atomic E-state index is 13.7. The minimum atomic E-state index is -0.680. The predicted molar refractivity (Wildman–Crippen MR) is 277 cm³/mol. The molecule has 6 aliphatic rings. The van der Waals surface area contributed by atoms with Gasteiger partial charge in [0.05, 0.1) is 12.0 Å². The summed E-state index contributed by atoms with van der Waals surface area (Å²) in [4.78, 5) is 50.3. The van der Waals surface area contributed by atoms with Gasteiger partial charge in [0, 0.05) is 31.5 Å². The number of ether oxygens (including phenoxy) is 2. The molecule has 2 atom stereocenters. The maximum Gasteiger partial charge on any atom is 0.407 e. The molecule has 2 heterocycles. The lowest BCUT2D eigenvalue weighted by atomic mass is 9.80. The molecule has 10 heteroatoms. The number of carbonyl (C=O) groups is 4. The second-order valence-electron chi connectivity index (χ2n) is 23.8. The lowest BCUT2D eigenvalue weighted by Crippen LogP contribution is -2.48. The average Bonchev–Trinajstić information content (AvgIpc) is 3.87. The van der Waals surface area contributed by atoms with E-state index in [1.165, 1.54) is 52.7 Å². The van der Waals surface area contributed by atoms with Gasteiger partial charge in [-0.05, 0) is 213 Å². The summed E-state index contributed by atoms with van der Waals surface area (Å²) >= 11 is 0. The molecule has 2 aromatic rings. The van der Waals surface area contributed by atoms with Gasteiger partial charge in [-0.2, -0.15) is 0 Å². The Morgan fingerprint density at radius 2 is 1.23 bits per heavy atom. The van der Waals surface area contributed by atoms with Crippen molar-refractivity contribution in [3.8, 4) is 0 Å². The van der Waals surface area contributed by atoms with E-state index in [4.69, 9.17) is 14.6 Å². The Balaban J connectivity index is 0.000000188. The molecule has 0 radical (unpaired) electrons. The van der Waals surface area contributed by atoms with Crippen molar-refractivity contribution in [2.24, 2.45) is 35.5 Å². The van der Waals surface area contributed by atoms with Crippen LogP contribution in [-0.4, -0.2) is 76.9 Å². The standard InChI is InChI=1S/C29H42N2O3.C16H21N.C14H24O4/c1-19(2)16-26-25-17-22-8-6-7-9-23(22)24(25)14-15-31(26)27(32)21-12-10-20(11-13-21)18-30-28(33)34-29(3,4)5;1-11(2)9-16-15-10-12-5-3-4-6-13(12)14(15)7-8-17-16;1-14(2,3)18-12(15)9-6-10-4-7-11(8-5-10)13(16)17/h6-9,19-21,26H,10-18H2,1-5H3,(H,30,33);3-6,11,16-17H,7-10H2,1-2H3;10-11H,4-9H2,1-3H3,(H,16,17). The van der Waals surface area contributed by atoms with Crippen LogP contribution in [0.15, 0.2) is 59.7 Å². The van der Waals surface area contributed by atoms with Crippen molar-refractivity contribution in [3.63, 3.8) is 0 Å². The number of carbonyl (C=O) groups excluding carboxylic acids is 3. The summed E-state index contributed by atoms with van der Waals surface area (Å²) in [5, 5.41) is 15.5. The number of carboxylic acids is 1. The highest BCUT2D eigenvalue weighted by Gasteiger charge is 2.40. The van der Waals surface area contributed by atoms with Crippen LogP contribution in [0.5, 0.6) is 0 Å². The van der Waals surface area contributed by atoms with Gasteiger partial charge in [-0.1, -0.05) is 76.2 Å². The summed E-state index contributed by atoms with van der Waals surface area (Å²) < 4.78 is 10.6. The van der Waals surface area contributed by atoms with Crippen molar-refractivity contribution in [1.82, 2.24) is 15.5 Å². The highest BCUT2D eigenvalue weighted by atomic mass is 16.6. The van der Waals surface area contributed by atoms with E-state index in [-0.39, 0.29) is 29.9 Å². The number of nitrogens with zero attached hydrogens (tertiary/aromatic N) is 1. The number of hydrogen-bond donors (Lipinski definition) is 3. The Labute approximate surface area is 415 Å². The third kappa shape index (κ3) is 15.5. The lowest BCUT2D eigenvalue weighted by Gasteiger charge is -2.41. The Morgan fingerprint density at radius 1 is 0.696 bits per heavy atom. The molecule has 8 rings (SSSR count). The van der Waals surface area contributed by atoms with Gasteiger partial charge in [0.15, 0.2) is 0 Å². The van der Waals surface area contributed by atoms with Crippen LogP contribution >= 0.6 is 0 Å². The van der Waals surface area contributed by atoms with E-state index in [9.17, 15) is 19.2 Å². The highest BCUT2D eigenvalue weighted by molar-refractivity contribution is 5.84. The average molecular weight is 950 g/mol. The van der Waals surface area contributed by atoms with Gasteiger partial charge in [0.1, 0.15) is 11.2 Å². The molecular formula is C59H87N3O7. The van der Waals surface area contributed by atoms with Crippen molar-refractivity contribution in [2.75, 3.05) is 19.6 Å². The van der Waals surface area contributed by atoms with Crippen LogP contribution in [0.4, 0.5) is 4.79 Å². The summed E-state index contributed by atoms with van der Waals surface area (Å²) in [5.41, 5.74) is 11.3. The molecule has 10 nitrogen and oxygen atoms in total. The minimum Gasteiger partial charge on any atom is -0.481 e. The van der Waals surface area contributed by atoms with E-state index in [0.717, 1.165) is 96.1 Å². The van der Waals surface area contributed by atoms with E-state index < -0.39 is 17.2 Å². The van der Waals surface area contributed by atoms with Crippen molar-refractivity contribution < 1.29 is 33.8 Å². The number of benzene rings is 2. The molecule has 0 spiro atoms. The van der Waals surface area contributed by atoms with Gasteiger partial charge < -0.3 is 30.1 Å². The predicted octanol–water partition coefficient (Wildman–Crippen LogP) is 12.4. The fourth-order valence-corrected chi connectivity index (χ4v) is 11.7. The zero-order chi connectivity index (χ0) is 50.0. The largest absolute Gasteiger partial charge is 0.481 e. The molecule has 0 saturated heterocycles. The van der Waals surface area contributed by atoms with Crippen LogP contribution in [0.1, 0.15) is 181 Å². The van der Waals surface area contributed by atoms with Crippen molar-refractivity contribution in [1.29, 1.82) is 0 Å². The molecule has 0 bridgehead atoms. The van der Waals surface area contributed by atoms with Crippen LogP contribution in [-0.2, 0) is 36.7 Å². The Morgan fingerprint density at radius 3 is 1.80 bits per heavy atom. The van der Waals surface area contributed by atoms with Gasteiger partial charge in [0.2, 0.25) is 5.91 Å². The first-order valence-electron chi connectivity index (χ1n) is 26.7. The Bertz CT molecular complexity index is 2140. The van der Waals surface area contributed by atoms with Crippen molar-refractivity contribution in [3.05, 3.63) is 81.9 Å². The zero-order valence-corrected chi connectivity index (χ0v) is 44.0. The van der Waals surface area contributed by atoms with E-state index >= 15 is 0 Å².